The second-order valence-electron chi connectivity index (χ2n) is 8.21. The van der Waals surface area contributed by atoms with Crippen molar-refractivity contribution < 1.29 is 22.8 Å². The smallest absolute Gasteiger partial charge is 0.276 e. The van der Waals surface area contributed by atoms with Crippen LogP contribution in [0.2, 0.25) is 0 Å². The van der Waals surface area contributed by atoms with E-state index in [1.165, 1.54) is 36.4 Å². The molecule has 0 amide bonds. The van der Waals surface area contributed by atoms with Crippen LogP contribution in [0.5, 0.6) is 11.5 Å². The largest absolute Gasteiger partial charge is 0.490 e. The first-order valence-electron chi connectivity index (χ1n) is 11.6. The Hall–Kier alpha value is -4.70. The number of ether oxygens (including phenoxy) is 2. The topological polar surface area (TPSA) is 120 Å². The van der Waals surface area contributed by atoms with Gasteiger partial charge in [0.1, 0.15) is 24.7 Å². The molecule has 0 fully saturated rings. The summed E-state index contributed by atoms with van der Waals surface area (Å²) in [7, 11) is -3.85. The fourth-order valence-electron chi connectivity index (χ4n) is 3.46. The molecule has 0 radical (unpaired) electrons. The van der Waals surface area contributed by atoms with E-state index >= 15 is 0 Å². The van der Waals surface area contributed by atoms with Crippen molar-refractivity contribution in [1.29, 1.82) is 0 Å². The summed E-state index contributed by atoms with van der Waals surface area (Å²) in [6, 6.07) is 28.7. The van der Waals surface area contributed by atoms with Gasteiger partial charge in [0.15, 0.2) is 0 Å². The summed E-state index contributed by atoms with van der Waals surface area (Å²) in [5, 5.41) is 15.0. The predicted octanol–water partition coefficient (Wildman–Crippen LogP) is 5.09. The van der Waals surface area contributed by atoms with E-state index in [0.717, 1.165) is 11.1 Å². The van der Waals surface area contributed by atoms with Crippen LogP contribution >= 0.6 is 0 Å². The van der Waals surface area contributed by atoms with Crippen molar-refractivity contribution in [2.75, 3.05) is 13.2 Å². The van der Waals surface area contributed by atoms with Crippen LogP contribution in [0.25, 0.3) is 0 Å². The molecule has 38 heavy (non-hydrogen) atoms. The number of hydrogen-bond acceptors (Lipinski definition) is 7. The maximum atomic E-state index is 12.8. The highest BCUT2D eigenvalue weighted by molar-refractivity contribution is 7.89. The van der Waals surface area contributed by atoms with E-state index in [4.69, 9.17) is 9.47 Å². The molecule has 4 rings (SSSR count). The quantitative estimate of drug-likeness (QED) is 0.125. The number of non-ortho nitro benzene ring substituents is 1. The Morgan fingerprint density at radius 2 is 1.32 bits per heavy atom. The highest BCUT2D eigenvalue weighted by Crippen LogP contribution is 2.19. The van der Waals surface area contributed by atoms with Gasteiger partial charge in [-0.1, -0.05) is 48.0 Å². The summed E-state index contributed by atoms with van der Waals surface area (Å²) in [5.41, 5.74) is 2.84. The maximum Gasteiger partial charge on any atom is 0.276 e. The summed E-state index contributed by atoms with van der Waals surface area (Å²) in [5.74, 6) is 1.10. The van der Waals surface area contributed by atoms with Gasteiger partial charge >= 0.3 is 0 Å². The zero-order valence-corrected chi connectivity index (χ0v) is 21.3. The highest BCUT2D eigenvalue weighted by Gasteiger charge is 2.15. The average molecular weight is 532 g/mol. The molecule has 0 aliphatic carbocycles. The predicted molar refractivity (Wildman–Crippen MR) is 144 cm³/mol. The van der Waals surface area contributed by atoms with Gasteiger partial charge in [-0.25, -0.2) is 0 Å². The molecule has 0 unspecified atom stereocenters. The lowest BCUT2D eigenvalue weighted by Crippen LogP contribution is -2.21. The van der Waals surface area contributed by atoms with Gasteiger partial charge in [-0.05, 0) is 55.5 Å². The molecule has 4 aromatic carbocycles. The Morgan fingerprint density at radius 3 is 1.87 bits per heavy atom. The molecule has 0 spiro atoms. The highest BCUT2D eigenvalue weighted by atomic mass is 32.2. The van der Waals surface area contributed by atoms with Gasteiger partial charge in [-0.3, -0.25) is 10.1 Å². The molecule has 0 heterocycles. The van der Waals surface area contributed by atoms with Crippen molar-refractivity contribution >= 4 is 21.4 Å². The number of rotatable bonds is 11. The number of aryl methyl sites for hydroxylation is 1. The number of nitrogens with one attached hydrogen (secondary N) is 1. The lowest BCUT2D eigenvalue weighted by molar-refractivity contribution is -0.384. The van der Waals surface area contributed by atoms with Crippen LogP contribution < -0.4 is 14.3 Å². The van der Waals surface area contributed by atoms with Crippen LogP contribution in [0.1, 0.15) is 16.7 Å². The van der Waals surface area contributed by atoms with Crippen LogP contribution in [0, 0.1) is 17.0 Å². The second kappa shape index (κ2) is 12.0. The Balaban J connectivity index is 1.42. The first-order chi connectivity index (χ1) is 18.3. The number of benzene rings is 4. The first-order valence-corrected chi connectivity index (χ1v) is 13.1. The molecule has 9 nitrogen and oxygen atoms in total. The molecule has 194 valence electrons. The molecule has 0 aliphatic heterocycles. The molecule has 0 bridgehead atoms. The monoisotopic (exact) mass is 531 g/mol. The minimum atomic E-state index is -3.85. The number of nitrogens with zero attached hydrogens (tertiary/aromatic N) is 2. The molecule has 1 N–H and O–H groups in total. The van der Waals surface area contributed by atoms with Gasteiger partial charge in [-0.2, -0.15) is 18.4 Å². The van der Waals surface area contributed by atoms with E-state index in [1.54, 1.807) is 36.4 Å². The van der Waals surface area contributed by atoms with Crippen molar-refractivity contribution in [1.82, 2.24) is 4.83 Å². The Labute approximate surface area is 220 Å². The van der Waals surface area contributed by atoms with Crippen molar-refractivity contribution in [2.24, 2.45) is 5.10 Å². The van der Waals surface area contributed by atoms with Gasteiger partial charge in [0.05, 0.1) is 15.5 Å². The van der Waals surface area contributed by atoms with Gasteiger partial charge in [0, 0.05) is 23.3 Å². The minimum Gasteiger partial charge on any atom is -0.490 e. The summed E-state index contributed by atoms with van der Waals surface area (Å²) in [6.45, 7) is 2.39. The van der Waals surface area contributed by atoms with Crippen LogP contribution in [0.4, 0.5) is 5.69 Å². The van der Waals surface area contributed by atoms with Gasteiger partial charge in [-0.15, -0.1) is 0 Å². The molecule has 0 atom stereocenters. The molecular formula is C28H25N3O6S. The second-order valence-corrected chi connectivity index (χ2v) is 9.87. The minimum absolute atomic E-state index is 0.00458. The molecular weight excluding hydrogens is 506 g/mol. The number of hydrogen-bond donors (Lipinski definition) is 1. The number of nitro benzene ring substituents is 1. The van der Waals surface area contributed by atoms with Crippen LogP contribution in [0.15, 0.2) is 113 Å². The summed E-state index contributed by atoms with van der Waals surface area (Å²) < 4.78 is 36.8. The van der Waals surface area contributed by atoms with Crippen molar-refractivity contribution in [3.63, 3.8) is 0 Å². The van der Waals surface area contributed by atoms with Crippen molar-refractivity contribution in [3.05, 3.63) is 130 Å². The normalized spacial score (nSPS) is 11.6. The Bertz CT molecular complexity index is 1500. The van der Waals surface area contributed by atoms with E-state index in [9.17, 15) is 18.5 Å². The number of sulfonamides is 1. The molecule has 10 heteroatoms. The Morgan fingerprint density at radius 1 is 0.789 bits per heavy atom. The summed E-state index contributed by atoms with van der Waals surface area (Å²) in [6.07, 6.45) is 0. The van der Waals surface area contributed by atoms with Gasteiger partial charge in [0.2, 0.25) is 0 Å². The third kappa shape index (κ3) is 6.95. The summed E-state index contributed by atoms with van der Waals surface area (Å²) >= 11 is 0. The van der Waals surface area contributed by atoms with Crippen LogP contribution in [-0.2, 0) is 10.0 Å². The zero-order valence-electron chi connectivity index (χ0n) is 20.5. The van der Waals surface area contributed by atoms with E-state index in [2.05, 4.69) is 9.93 Å². The van der Waals surface area contributed by atoms with E-state index in [1.807, 2.05) is 37.3 Å². The third-order valence-corrected chi connectivity index (χ3v) is 6.68. The van der Waals surface area contributed by atoms with E-state index in [-0.39, 0.29) is 23.8 Å². The lowest BCUT2D eigenvalue weighted by Gasteiger charge is -2.11. The number of nitro groups is 1. The van der Waals surface area contributed by atoms with E-state index < -0.39 is 14.9 Å². The molecule has 0 saturated heterocycles. The van der Waals surface area contributed by atoms with Crippen LogP contribution in [0.3, 0.4) is 0 Å². The molecule has 0 saturated carbocycles. The maximum absolute atomic E-state index is 12.8. The fourth-order valence-corrected chi connectivity index (χ4v) is 4.27. The van der Waals surface area contributed by atoms with Crippen LogP contribution in [-0.4, -0.2) is 32.3 Å². The van der Waals surface area contributed by atoms with E-state index in [0.29, 0.717) is 22.8 Å². The SMILES string of the molecule is Cc1ccc(S(=O)(=O)N/N=C(\c2ccccc2)c2ccc(OCCOc3ccc([N+](=O)[O-])cc3)cc2)cc1. The van der Waals surface area contributed by atoms with Crippen molar-refractivity contribution in [3.8, 4) is 11.5 Å². The van der Waals surface area contributed by atoms with Gasteiger partial charge < -0.3 is 9.47 Å². The summed E-state index contributed by atoms with van der Waals surface area (Å²) in [4.78, 5) is 12.7. The third-order valence-electron chi connectivity index (χ3n) is 5.45. The molecule has 0 aliphatic rings. The number of hydrazone groups is 1. The Kier molecular flexibility index (Phi) is 8.34. The fraction of sp³-hybridized carbons (Fsp3) is 0.107. The average Bonchev–Trinajstić information content (AvgIpc) is 2.93. The molecule has 0 aromatic heterocycles. The standard InChI is InChI=1S/C28H25N3O6S/c1-21-7-17-27(18-8-21)38(34,35)30-29-28(22-5-3-2-4-6-22)23-9-13-25(14-10-23)36-19-20-37-26-15-11-24(12-16-26)31(32)33/h2-18,30H,19-20H2,1H3/b29-28+. The lowest BCUT2D eigenvalue weighted by atomic mass is 10.0. The van der Waals surface area contributed by atoms with Crippen molar-refractivity contribution in [2.45, 2.75) is 11.8 Å². The molecule has 4 aromatic rings. The zero-order chi connectivity index (χ0) is 27.0. The first kappa shape index (κ1) is 26.4. The van der Waals surface area contributed by atoms with Gasteiger partial charge in [0.25, 0.3) is 15.7 Å².